The molecule has 2 N–H and O–H groups in total. The van der Waals surface area contributed by atoms with Crippen molar-refractivity contribution >= 4 is 34.2 Å². The van der Waals surface area contributed by atoms with Crippen molar-refractivity contribution < 1.29 is 24.2 Å². The van der Waals surface area contributed by atoms with Crippen molar-refractivity contribution in [2.75, 3.05) is 12.4 Å². The first kappa shape index (κ1) is 21.6. The fourth-order valence-electron chi connectivity index (χ4n) is 4.95. The molecule has 2 aliphatic carbocycles. The van der Waals surface area contributed by atoms with Gasteiger partial charge in [-0.25, -0.2) is 4.79 Å². The molecule has 3 atom stereocenters. The smallest absolute Gasteiger partial charge is 0.341 e. The number of carboxylic acids is 1. The Morgan fingerprint density at radius 3 is 2.45 bits per heavy atom. The molecule has 1 fully saturated rings. The number of nitrogens with one attached hydrogen (secondary N) is 1. The van der Waals surface area contributed by atoms with E-state index in [0.717, 1.165) is 42.5 Å². The molecule has 2 aromatic rings. The molecule has 1 amide bonds. The SMILES string of the molecule is COC(=O)c1c(NC(=O)[C@@H]2CCCC[C@H]2C(=O)O)sc2c1CC[C@@H](c1ccccc1)C2. The molecule has 6 nitrogen and oxygen atoms in total. The van der Waals surface area contributed by atoms with Crippen LogP contribution < -0.4 is 5.32 Å². The molecule has 1 heterocycles. The minimum absolute atomic E-state index is 0.310. The van der Waals surface area contributed by atoms with Crippen molar-refractivity contribution in [3.63, 3.8) is 0 Å². The van der Waals surface area contributed by atoms with E-state index in [-0.39, 0.29) is 5.91 Å². The van der Waals surface area contributed by atoms with E-state index in [1.807, 2.05) is 18.2 Å². The average Bonchev–Trinajstić information content (AvgIpc) is 3.16. The summed E-state index contributed by atoms with van der Waals surface area (Å²) in [7, 11) is 1.34. The molecule has 4 rings (SSSR count). The van der Waals surface area contributed by atoms with Crippen molar-refractivity contribution in [1.82, 2.24) is 0 Å². The number of hydrogen-bond donors (Lipinski definition) is 2. The number of ether oxygens (including phenoxy) is 1. The highest BCUT2D eigenvalue weighted by Gasteiger charge is 2.37. The van der Waals surface area contributed by atoms with E-state index in [4.69, 9.17) is 4.74 Å². The molecule has 0 radical (unpaired) electrons. The van der Waals surface area contributed by atoms with Gasteiger partial charge < -0.3 is 15.2 Å². The van der Waals surface area contributed by atoms with Crippen molar-refractivity contribution in [2.24, 2.45) is 11.8 Å². The summed E-state index contributed by atoms with van der Waals surface area (Å²) in [6, 6.07) is 10.3. The summed E-state index contributed by atoms with van der Waals surface area (Å²) >= 11 is 1.43. The minimum Gasteiger partial charge on any atom is -0.481 e. The molecule has 0 aliphatic heterocycles. The number of esters is 1. The van der Waals surface area contributed by atoms with Crippen LogP contribution in [0.2, 0.25) is 0 Å². The van der Waals surface area contributed by atoms with E-state index in [1.54, 1.807) is 0 Å². The van der Waals surface area contributed by atoms with Crippen LogP contribution in [0.15, 0.2) is 30.3 Å². The maximum absolute atomic E-state index is 13.0. The van der Waals surface area contributed by atoms with Crippen LogP contribution in [0.1, 0.15) is 64.4 Å². The number of aliphatic carboxylic acids is 1. The third-order valence-corrected chi connectivity index (χ3v) is 7.75. The molecule has 1 saturated carbocycles. The lowest BCUT2D eigenvalue weighted by Crippen LogP contribution is -2.36. The molecule has 0 bridgehead atoms. The highest BCUT2D eigenvalue weighted by atomic mass is 32.1. The Morgan fingerprint density at radius 2 is 1.77 bits per heavy atom. The normalized spacial score (nSPS) is 22.9. The van der Waals surface area contributed by atoms with Gasteiger partial charge in [0.05, 0.1) is 24.5 Å². The van der Waals surface area contributed by atoms with Crippen LogP contribution in [-0.4, -0.2) is 30.1 Å². The largest absolute Gasteiger partial charge is 0.481 e. The number of amides is 1. The van der Waals surface area contributed by atoms with Crippen LogP contribution in [0, 0.1) is 11.8 Å². The Labute approximate surface area is 185 Å². The molecule has 0 unspecified atom stereocenters. The lowest BCUT2D eigenvalue weighted by atomic mass is 9.78. The van der Waals surface area contributed by atoms with Gasteiger partial charge in [-0.05, 0) is 49.1 Å². The molecule has 1 aromatic carbocycles. The number of carbonyl (C=O) groups is 3. The quantitative estimate of drug-likeness (QED) is 0.660. The van der Waals surface area contributed by atoms with E-state index in [1.165, 1.54) is 24.0 Å². The van der Waals surface area contributed by atoms with Gasteiger partial charge in [-0.1, -0.05) is 43.2 Å². The fourth-order valence-corrected chi connectivity index (χ4v) is 6.27. The number of carbonyl (C=O) groups excluding carboxylic acids is 2. The van der Waals surface area contributed by atoms with Crippen molar-refractivity contribution in [3.8, 4) is 0 Å². The summed E-state index contributed by atoms with van der Waals surface area (Å²) in [6.45, 7) is 0. The van der Waals surface area contributed by atoms with Gasteiger partial charge in [-0.3, -0.25) is 9.59 Å². The van der Waals surface area contributed by atoms with Crippen LogP contribution in [-0.2, 0) is 27.2 Å². The third-order valence-electron chi connectivity index (χ3n) is 6.58. The summed E-state index contributed by atoms with van der Waals surface area (Å²) < 4.78 is 5.02. The summed E-state index contributed by atoms with van der Waals surface area (Å²) in [4.78, 5) is 38.3. The van der Waals surface area contributed by atoms with Gasteiger partial charge in [-0.2, -0.15) is 0 Å². The zero-order valence-electron chi connectivity index (χ0n) is 17.6. The summed E-state index contributed by atoms with van der Waals surface area (Å²) in [6.07, 6.45) is 5.20. The number of fused-ring (bicyclic) bond motifs is 1. The number of carboxylic acid groups (broad SMARTS) is 1. The Balaban J connectivity index is 1.61. The molecule has 164 valence electrons. The Morgan fingerprint density at radius 1 is 1.06 bits per heavy atom. The lowest BCUT2D eigenvalue weighted by Gasteiger charge is -2.27. The van der Waals surface area contributed by atoms with Crippen LogP contribution in [0.25, 0.3) is 0 Å². The second-order valence-corrected chi connectivity index (χ2v) is 9.48. The van der Waals surface area contributed by atoms with Gasteiger partial charge in [0.2, 0.25) is 5.91 Å². The molecule has 1 aromatic heterocycles. The number of methoxy groups -OCH3 is 1. The monoisotopic (exact) mass is 441 g/mol. The van der Waals surface area contributed by atoms with Gasteiger partial charge in [0.25, 0.3) is 0 Å². The zero-order valence-corrected chi connectivity index (χ0v) is 18.4. The standard InChI is InChI=1S/C24H27NO5S/c1-30-24(29)20-18-12-11-15(14-7-3-2-4-8-14)13-19(18)31-22(20)25-21(26)16-9-5-6-10-17(16)23(27)28/h2-4,7-8,15-17H,5-6,9-13H2,1H3,(H,25,26)(H,27,28)/t15-,16-,17-/m1/s1. The fraction of sp³-hybridized carbons (Fsp3) is 0.458. The molecule has 0 spiro atoms. The first-order chi connectivity index (χ1) is 15.0. The van der Waals surface area contributed by atoms with E-state index < -0.39 is 23.8 Å². The first-order valence-electron chi connectivity index (χ1n) is 10.8. The molecular formula is C24H27NO5S. The van der Waals surface area contributed by atoms with Gasteiger partial charge in [0.15, 0.2) is 0 Å². The Hall–Kier alpha value is -2.67. The topological polar surface area (TPSA) is 92.7 Å². The second kappa shape index (κ2) is 9.22. The van der Waals surface area contributed by atoms with Crippen molar-refractivity contribution in [2.45, 2.75) is 50.9 Å². The van der Waals surface area contributed by atoms with Gasteiger partial charge >= 0.3 is 11.9 Å². The van der Waals surface area contributed by atoms with Crippen molar-refractivity contribution in [1.29, 1.82) is 0 Å². The zero-order chi connectivity index (χ0) is 22.0. The second-order valence-electron chi connectivity index (χ2n) is 8.37. The van der Waals surface area contributed by atoms with Gasteiger partial charge in [-0.15, -0.1) is 11.3 Å². The summed E-state index contributed by atoms with van der Waals surface area (Å²) in [5, 5.41) is 12.9. The molecule has 7 heteroatoms. The Bertz CT molecular complexity index is 983. The van der Waals surface area contributed by atoms with E-state index in [0.29, 0.717) is 29.3 Å². The first-order valence-corrected chi connectivity index (χ1v) is 11.6. The van der Waals surface area contributed by atoms with E-state index in [2.05, 4.69) is 17.4 Å². The number of hydrogen-bond acceptors (Lipinski definition) is 5. The third kappa shape index (κ3) is 4.37. The average molecular weight is 442 g/mol. The van der Waals surface area contributed by atoms with E-state index in [9.17, 15) is 19.5 Å². The highest BCUT2D eigenvalue weighted by Crippen LogP contribution is 2.43. The van der Waals surface area contributed by atoms with Crippen LogP contribution in [0.4, 0.5) is 5.00 Å². The maximum atomic E-state index is 13.0. The van der Waals surface area contributed by atoms with E-state index >= 15 is 0 Å². The molecular weight excluding hydrogens is 414 g/mol. The summed E-state index contributed by atoms with van der Waals surface area (Å²) in [5.74, 6) is -2.57. The predicted molar refractivity (Wildman–Crippen MR) is 119 cm³/mol. The maximum Gasteiger partial charge on any atom is 0.341 e. The number of benzene rings is 1. The van der Waals surface area contributed by atoms with Gasteiger partial charge in [0.1, 0.15) is 5.00 Å². The lowest BCUT2D eigenvalue weighted by molar-refractivity contribution is -0.147. The summed E-state index contributed by atoms with van der Waals surface area (Å²) in [5.41, 5.74) is 2.67. The van der Waals surface area contributed by atoms with Crippen LogP contribution >= 0.6 is 11.3 Å². The number of rotatable bonds is 5. The number of anilines is 1. The van der Waals surface area contributed by atoms with Crippen LogP contribution in [0.5, 0.6) is 0 Å². The van der Waals surface area contributed by atoms with Crippen molar-refractivity contribution in [3.05, 3.63) is 51.9 Å². The van der Waals surface area contributed by atoms with Gasteiger partial charge in [0, 0.05) is 4.88 Å². The minimum atomic E-state index is -0.927. The predicted octanol–water partition coefficient (Wildman–Crippen LogP) is 4.64. The highest BCUT2D eigenvalue weighted by molar-refractivity contribution is 7.17. The molecule has 0 saturated heterocycles. The molecule has 2 aliphatic rings. The molecule has 31 heavy (non-hydrogen) atoms. The van der Waals surface area contributed by atoms with Crippen LogP contribution in [0.3, 0.4) is 0 Å². The number of thiophene rings is 1. The Kier molecular flexibility index (Phi) is 6.41.